The van der Waals surface area contributed by atoms with Gasteiger partial charge in [0, 0.05) is 16.5 Å². The number of rotatable bonds is 3. The highest BCUT2D eigenvalue weighted by Gasteiger charge is 2.07. The van der Waals surface area contributed by atoms with E-state index in [1.807, 2.05) is 24.3 Å². The van der Waals surface area contributed by atoms with E-state index in [1.165, 1.54) is 24.3 Å². The molecule has 0 amide bonds. The standard InChI is InChI=1S/C14H10BrFO/c15-12-3-1-2-10(8-12)9-14(17)11-4-6-13(16)7-5-11/h1-8H,9H2. The van der Waals surface area contributed by atoms with Gasteiger partial charge in [-0.2, -0.15) is 0 Å². The predicted molar refractivity (Wildman–Crippen MR) is 68.6 cm³/mol. The number of ketones is 1. The Morgan fingerprint density at radius 1 is 1.12 bits per heavy atom. The predicted octanol–water partition coefficient (Wildman–Crippen LogP) is 4.01. The summed E-state index contributed by atoms with van der Waals surface area (Å²) in [7, 11) is 0. The van der Waals surface area contributed by atoms with Gasteiger partial charge in [-0.15, -0.1) is 0 Å². The van der Waals surface area contributed by atoms with Crippen LogP contribution >= 0.6 is 15.9 Å². The van der Waals surface area contributed by atoms with E-state index in [4.69, 9.17) is 0 Å². The number of carbonyl (C=O) groups excluding carboxylic acids is 1. The van der Waals surface area contributed by atoms with Crippen molar-refractivity contribution in [3.05, 3.63) is 69.9 Å². The fraction of sp³-hybridized carbons (Fsp3) is 0.0714. The molecule has 1 nitrogen and oxygen atoms in total. The fourth-order valence-electron chi connectivity index (χ4n) is 1.57. The first kappa shape index (κ1) is 12.0. The van der Waals surface area contributed by atoms with Crippen LogP contribution in [-0.4, -0.2) is 5.78 Å². The van der Waals surface area contributed by atoms with Crippen molar-refractivity contribution in [2.24, 2.45) is 0 Å². The topological polar surface area (TPSA) is 17.1 Å². The quantitative estimate of drug-likeness (QED) is 0.781. The third-order valence-electron chi connectivity index (χ3n) is 2.42. The van der Waals surface area contributed by atoms with Crippen LogP contribution in [0.5, 0.6) is 0 Å². The second kappa shape index (κ2) is 5.23. The van der Waals surface area contributed by atoms with E-state index < -0.39 is 0 Å². The number of carbonyl (C=O) groups is 1. The third-order valence-corrected chi connectivity index (χ3v) is 2.91. The molecule has 0 heterocycles. The van der Waals surface area contributed by atoms with Crippen LogP contribution in [0.4, 0.5) is 4.39 Å². The number of hydrogen-bond donors (Lipinski definition) is 0. The monoisotopic (exact) mass is 292 g/mol. The van der Waals surface area contributed by atoms with Gasteiger partial charge in [0.15, 0.2) is 5.78 Å². The maximum Gasteiger partial charge on any atom is 0.167 e. The van der Waals surface area contributed by atoms with Crippen molar-refractivity contribution >= 4 is 21.7 Å². The van der Waals surface area contributed by atoms with Crippen LogP contribution in [0.1, 0.15) is 15.9 Å². The second-order valence-electron chi connectivity index (χ2n) is 3.74. The van der Waals surface area contributed by atoms with Gasteiger partial charge in [-0.3, -0.25) is 4.79 Å². The van der Waals surface area contributed by atoms with Crippen molar-refractivity contribution in [3.63, 3.8) is 0 Å². The molecule has 0 aromatic heterocycles. The molecular weight excluding hydrogens is 283 g/mol. The second-order valence-corrected chi connectivity index (χ2v) is 4.65. The van der Waals surface area contributed by atoms with Gasteiger partial charge < -0.3 is 0 Å². The molecule has 17 heavy (non-hydrogen) atoms. The summed E-state index contributed by atoms with van der Waals surface area (Å²) in [5, 5.41) is 0. The van der Waals surface area contributed by atoms with Crippen molar-refractivity contribution < 1.29 is 9.18 Å². The Labute approximate surface area is 107 Å². The molecule has 0 spiro atoms. The van der Waals surface area contributed by atoms with Gasteiger partial charge in [0.25, 0.3) is 0 Å². The van der Waals surface area contributed by atoms with Crippen LogP contribution < -0.4 is 0 Å². The van der Waals surface area contributed by atoms with E-state index in [-0.39, 0.29) is 11.6 Å². The summed E-state index contributed by atoms with van der Waals surface area (Å²) >= 11 is 3.36. The van der Waals surface area contributed by atoms with E-state index in [2.05, 4.69) is 15.9 Å². The molecule has 3 heteroatoms. The summed E-state index contributed by atoms with van der Waals surface area (Å²) in [6.07, 6.45) is 0.324. The van der Waals surface area contributed by atoms with E-state index in [0.717, 1.165) is 10.0 Å². The summed E-state index contributed by atoms with van der Waals surface area (Å²) < 4.78 is 13.7. The first-order valence-corrected chi connectivity index (χ1v) is 5.97. The molecule has 0 saturated heterocycles. The number of halogens is 2. The Hall–Kier alpha value is -1.48. The van der Waals surface area contributed by atoms with Crippen molar-refractivity contribution in [1.82, 2.24) is 0 Å². The van der Waals surface area contributed by atoms with E-state index in [1.54, 1.807) is 0 Å². The maximum atomic E-state index is 12.7. The lowest BCUT2D eigenvalue weighted by Gasteiger charge is -2.02. The SMILES string of the molecule is O=C(Cc1cccc(Br)c1)c1ccc(F)cc1. The van der Waals surface area contributed by atoms with E-state index in [9.17, 15) is 9.18 Å². The van der Waals surface area contributed by atoms with Crippen molar-refractivity contribution in [1.29, 1.82) is 0 Å². The number of hydrogen-bond acceptors (Lipinski definition) is 1. The average molecular weight is 293 g/mol. The molecule has 2 rings (SSSR count). The van der Waals surface area contributed by atoms with E-state index in [0.29, 0.717) is 12.0 Å². The Balaban J connectivity index is 2.14. The summed E-state index contributed by atoms with van der Waals surface area (Å²) in [5.41, 5.74) is 1.47. The van der Waals surface area contributed by atoms with E-state index >= 15 is 0 Å². The molecule has 0 aliphatic rings. The molecule has 2 aromatic rings. The van der Waals surface area contributed by atoms with Gasteiger partial charge >= 0.3 is 0 Å². The Kier molecular flexibility index (Phi) is 3.69. The molecule has 0 saturated carbocycles. The molecule has 0 radical (unpaired) electrons. The van der Waals surface area contributed by atoms with Gasteiger partial charge in [0.05, 0.1) is 0 Å². The van der Waals surface area contributed by atoms with Crippen LogP contribution in [-0.2, 0) is 6.42 Å². The van der Waals surface area contributed by atoms with Crippen molar-refractivity contribution in [3.8, 4) is 0 Å². The van der Waals surface area contributed by atoms with Crippen molar-refractivity contribution in [2.45, 2.75) is 6.42 Å². The minimum atomic E-state index is -0.330. The van der Waals surface area contributed by atoms with Gasteiger partial charge in [0.1, 0.15) is 5.82 Å². The third kappa shape index (κ3) is 3.24. The molecule has 0 fully saturated rings. The van der Waals surface area contributed by atoms with Crippen LogP contribution in [0.3, 0.4) is 0 Å². The first-order valence-electron chi connectivity index (χ1n) is 5.18. The lowest BCUT2D eigenvalue weighted by Crippen LogP contribution is -2.03. The van der Waals surface area contributed by atoms with Crippen LogP contribution in [0.15, 0.2) is 53.0 Å². The largest absolute Gasteiger partial charge is 0.294 e. The lowest BCUT2D eigenvalue weighted by molar-refractivity contribution is 0.0993. The maximum absolute atomic E-state index is 12.7. The highest BCUT2D eigenvalue weighted by Crippen LogP contribution is 2.14. The molecule has 0 unspecified atom stereocenters. The Morgan fingerprint density at radius 3 is 2.47 bits per heavy atom. The normalized spacial score (nSPS) is 10.2. The van der Waals surface area contributed by atoms with Gasteiger partial charge in [0.2, 0.25) is 0 Å². The van der Waals surface area contributed by atoms with Gasteiger partial charge in [-0.05, 0) is 42.0 Å². The summed E-state index contributed by atoms with van der Waals surface area (Å²) in [6.45, 7) is 0. The number of Topliss-reactive ketones (excluding diaryl/α,β-unsaturated/α-hetero) is 1. The fourth-order valence-corrected chi connectivity index (χ4v) is 2.02. The zero-order valence-electron chi connectivity index (χ0n) is 8.99. The van der Waals surface area contributed by atoms with Crippen molar-refractivity contribution in [2.75, 3.05) is 0 Å². The molecule has 0 N–H and O–H groups in total. The highest BCUT2D eigenvalue weighted by atomic mass is 79.9. The number of benzene rings is 2. The molecule has 0 aliphatic heterocycles. The first-order chi connectivity index (χ1) is 8.15. The highest BCUT2D eigenvalue weighted by molar-refractivity contribution is 9.10. The summed E-state index contributed by atoms with van der Waals surface area (Å²) in [5.74, 6) is -0.341. The van der Waals surface area contributed by atoms with Crippen LogP contribution in [0.2, 0.25) is 0 Å². The van der Waals surface area contributed by atoms with Crippen LogP contribution in [0, 0.1) is 5.82 Å². The molecule has 2 aromatic carbocycles. The molecule has 0 bridgehead atoms. The minimum absolute atomic E-state index is 0.0110. The zero-order valence-corrected chi connectivity index (χ0v) is 10.6. The minimum Gasteiger partial charge on any atom is -0.294 e. The molecular formula is C14H10BrFO. The Bertz CT molecular complexity index is 534. The summed E-state index contributed by atoms with van der Waals surface area (Å²) in [4.78, 5) is 11.9. The molecule has 0 atom stereocenters. The zero-order chi connectivity index (χ0) is 12.3. The van der Waals surface area contributed by atoms with Gasteiger partial charge in [-0.25, -0.2) is 4.39 Å². The average Bonchev–Trinajstić information content (AvgIpc) is 2.29. The molecule has 0 aliphatic carbocycles. The lowest BCUT2D eigenvalue weighted by atomic mass is 10.0. The van der Waals surface area contributed by atoms with Crippen LogP contribution in [0.25, 0.3) is 0 Å². The van der Waals surface area contributed by atoms with Gasteiger partial charge in [-0.1, -0.05) is 28.1 Å². The summed E-state index contributed by atoms with van der Waals surface area (Å²) in [6, 6.07) is 13.2. The Morgan fingerprint density at radius 2 is 1.82 bits per heavy atom. The smallest absolute Gasteiger partial charge is 0.167 e. The molecule has 86 valence electrons.